The van der Waals surface area contributed by atoms with Crippen LogP contribution in [0.2, 0.25) is 0 Å². The number of ether oxygens (including phenoxy) is 2. The third kappa shape index (κ3) is 4.48. The van der Waals surface area contributed by atoms with Crippen molar-refractivity contribution in [2.45, 2.75) is 63.7 Å². The van der Waals surface area contributed by atoms with Crippen LogP contribution in [0.25, 0.3) is 0 Å². The monoisotopic (exact) mass is 290 g/mol. The second-order valence-corrected chi connectivity index (χ2v) is 5.22. The van der Waals surface area contributed by atoms with Crippen LogP contribution >= 0.6 is 11.6 Å². The summed E-state index contributed by atoms with van der Waals surface area (Å²) in [7, 11) is 0. The van der Waals surface area contributed by atoms with Crippen molar-refractivity contribution in [3.63, 3.8) is 0 Å². The lowest BCUT2D eigenvalue weighted by Gasteiger charge is -2.32. The molecule has 0 bridgehead atoms. The average molecular weight is 291 g/mol. The van der Waals surface area contributed by atoms with Crippen LogP contribution in [0.5, 0.6) is 0 Å². The van der Waals surface area contributed by atoms with E-state index in [1.54, 1.807) is 13.0 Å². The molecule has 0 heterocycles. The zero-order chi connectivity index (χ0) is 14.4. The van der Waals surface area contributed by atoms with E-state index in [-0.39, 0.29) is 12.1 Å². The first-order valence-corrected chi connectivity index (χ1v) is 7.32. The topological polar surface area (TPSA) is 55.8 Å². The van der Waals surface area contributed by atoms with Gasteiger partial charge in [-0.3, -0.25) is 0 Å². The number of carbonyl (C=O) groups excluding carboxylic acids is 1. The van der Waals surface area contributed by atoms with Crippen molar-refractivity contribution in [3.8, 4) is 0 Å². The molecule has 0 aromatic carbocycles. The van der Waals surface area contributed by atoms with E-state index >= 15 is 0 Å². The van der Waals surface area contributed by atoms with Gasteiger partial charge in [-0.05, 0) is 32.3 Å². The van der Waals surface area contributed by atoms with E-state index in [1.807, 2.05) is 13.8 Å². The summed E-state index contributed by atoms with van der Waals surface area (Å²) in [5, 5.41) is 9.53. The molecule has 0 spiro atoms. The summed E-state index contributed by atoms with van der Waals surface area (Å²) in [6.07, 6.45) is 2.40. The van der Waals surface area contributed by atoms with Crippen molar-refractivity contribution < 1.29 is 19.4 Å². The van der Waals surface area contributed by atoms with Gasteiger partial charge in [0.1, 0.15) is 12.2 Å². The second-order valence-electron chi connectivity index (χ2n) is 4.66. The Bertz CT molecular complexity index is 325. The third-order valence-corrected chi connectivity index (χ3v) is 3.70. The van der Waals surface area contributed by atoms with Gasteiger partial charge in [0.25, 0.3) is 0 Å². The summed E-state index contributed by atoms with van der Waals surface area (Å²) in [4.78, 5) is 11.7. The highest BCUT2D eigenvalue weighted by Crippen LogP contribution is 2.27. The highest BCUT2D eigenvalue weighted by atomic mass is 35.5. The third-order valence-electron chi connectivity index (χ3n) is 3.29. The standard InChI is InChI=1S/C14H23ClO4/c1-4-10(5-2)19-12-8-9(14(17)18-6-3)7-11(15)13(12)16/h8,10-13,16H,4-7H2,1-3H3/t11-,12+,13-/m0/s1. The van der Waals surface area contributed by atoms with Gasteiger partial charge in [-0.2, -0.15) is 0 Å². The predicted molar refractivity (Wildman–Crippen MR) is 74.2 cm³/mol. The van der Waals surface area contributed by atoms with Crippen LogP contribution in [0, 0.1) is 0 Å². The SMILES string of the molecule is CCOC(=O)C1=C[C@@H](OC(CC)CC)[C@@H](O)[C@@H](Cl)C1. The molecule has 3 atom stereocenters. The van der Waals surface area contributed by atoms with E-state index in [9.17, 15) is 9.90 Å². The first-order chi connectivity index (χ1) is 9.03. The smallest absolute Gasteiger partial charge is 0.333 e. The summed E-state index contributed by atoms with van der Waals surface area (Å²) >= 11 is 6.09. The molecule has 4 nitrogen and oxygen atoms in total. The number of hydrogen-bond donors (Lipinski definition) is 1. The van der Waals surface area contributed by atoms with Crippen molar-refractivity contribution in [1.29, 1.82) is 0 Å². The van der Waals surface area contributed by atoms with Gasteiger partial charge < -0.3 is 14.6 Å². The van der Waals surface area contributed by atoms with E-state index in [0.717, 1.165) is 12.8 Å². The lowest BCUT2D eigenvalue weighted by Crippen LogP contribution is -2.41. The molecule has 1 aliphatic rings. The van der Waals surface area contributed by atoms with Gasteiger partial charge in [-0.15, -0.1) is 11.6 Å². The van der Waals surface area contributed by atoms with Gasteiger partial charge in [-0.1, -0.05) is 13.8 Å². The van der Waals surface area contributed by atoms with Gasteiger partial charge >= 0.3 is 5.97 Å². The number of hydrogen-bond acceptors (Lipinski definition) is 4. The minimum Gasteiger partial charge on any atom is -0.463 e. The van der Waals surface area contributed by atoms with Gasteiger partial charge in [0.15, 0.2) is 0 Å². The molecule has 1 rings (SSSR count). The van der Waals surface area contributed by atoms with E-state index in [1.165, 1.54) is 0 Å². The van der Waals surface area contributed by atoms with Crippen molar-refractivity contribution in [2.24, 2.45) is 0 Å². The zero-order valence-corrected chi connectivity index (χ0v) is 12.5. The largest absolute Gasteiger partial charge is 0.463 e. The maximum absolute atomic E-state index is 11.7. The summed E-state index contributed by atoms with van der Waals surface area (Å²) in [6, 6.07) is 0. The van der Waals surface area contributed by atoms with E-state index < -0.39 is 17.6 Å². The number of esters is 1. The number of aliphatic hydroxyl groups excluding tert-OH is 1. The van der Waals surface area contributed by atoms with Crippen LogP contribution in [0.3, 0.4) is 0 Å². The Morgan fingerprint density at radius 3 is 2.63 bits per heavy atom. The first-order valence-electron chi connectivity index (χ1n) is 6.88. The van der Waals surface area contributed by atoms with Gasteiger partial charge in [0.05, 0.1) is 18.1 Å². The van der Waals surface area contributed by atoms with Crippen molar-refractivity contribution in [1.82, 2.24) is 0 Å². The Hall–Kier alpha value is -0.580. The Labute approximate surface area is 119 Å². The fourth-order valence-corrected chi connectivity index (χ4v) is 2.41. The summed E-state index contributed by atoms with van der Waals surface area (Å²) in [5.74, 6) is -0.377. The van der Waals surface area contributed by atoms with Crippen LogP contribution in [-0.4, -0.2) is 41.4 Å². The van der Waals surface area contributed by atoms with Crippen LogP contribution in [-0.2, 0) is 14.3 Å². The zero-order valence-electron chi connectivity index (χ0n) is 11.8. The molecule has 5 heteroatoms. The predicted octanol–water partition coefficient (Wildman–Crippen LogP) is 2.42. The molecule has 0 aromatic rings. The minimum absolute atomic E-state index is 0.0568. The van der Waals surface area contributed by atoms with E-state index in [2.05, 4.69) is 0 Å². The molecule has 0 aliphatic heterocycles. The molecular formula is C14H23ClO4. The number of rotatable bonds is 6. The Balaban J connectivity index is 2.81. The number of halogens is 1. The molecule has 1 N–H and O–H groups in total. The molecule has 0 radical (unpaired) electrons. The fourth-order valence-electron chi connectivity index (χ4n) is 2.10. The summed E-state index contributed by atoms with van der Waals surface area (Å²) < 4.78 is 10.8. The van der Waals surface area contributed by atoms with Crippen molar-refractivity contribution in [3.05, 3.63) is 11.6 Å². The molecule has 1 aliphatic carbocycles. The number of alkyl halides is 1. The van der Waals surface area contributed by atoms with E-state index in [4.69, 9.17) is 21.1 Å². The maximum Gasteiger partial charge on any atom is 0.333 e. The quantitative estimate of drug-likeness (QED) is 0.603. The van der Waals surface area contributed by atoms with Crippen molar-refractivity contribution in [2.75, 3.05) is 6.61 Å². The van der Waals surface area contributed by atoms with Gasteiger partial charge in [-0.25, -0.2) is 4.79 Å². The maximum atomic E-state index is 11.7. The molecule has 0 amide bonds. The number of aliphatic hydroxyl groups is 1. The lowest BCUT2D eigenvalue weighted by molar-refractivity contribution is -0.139. The van der Waals surface area contributed by atoms with Crippen LogP contribution in [0.4, 0.5) is 0 Å². The number of carbonyl (C=O) groups is 1. The lowest BCUT2D eigenvalue weighted by atomic mass is 9.94. The van der Waals surface area contributed by atoms with Crippen molar-refractivity contribution >= 4 is 17.6 Å². The molecule has 0 fully saturated rings. The first kappa shape index (κ1) is 16.5. The van der Waals surface area contributed by atoms with E-state index in [0.29, 0.717) is 18.6 Å². The molecule has 19 heavy (non-hydrogen) atoms. The Morgan fingerprint density at radius 2 is 2.11 bits per heavy atom. The molecule has 0 unspecified atom stereocenters. The summed E-state index contributed by atoms with van der Waals surface area (Å²) in [5.41, 5.74) is 0.489. The van der Waals surface area contributed by atoms with Gasteiger partial charge in [0.2, 0.25) is 0 Å². The fraction of sp³-hybridized carbons (Fsp3) is 0.786. The van der Waals surface area contributed by atoms with Crippen LogP contribution < -0.4 is 0 Å². The molecule has 0 aromatic heterocycles. The normalized spacial score (nSPS) is 27.3. The van der Waals surface area contributed by atoms with Crippen LogP contribution in [0.1, 0.15) is 40.0 Å². The van der Waals surface area contributed by atoms with Crippen LogP contribution in [0.15, 0.2) is 11.6 Å². The minimum atomic E-state index is -0.791. The average Bonchev–Trinajstić information content (AvgIpc) is 2.40. The Kier molecular flexibility index (Phi) is 6.83. The molecule has 110 valence electrons. The highest BCUT2D eigenvalue weighted by molar-refractivity contribution is 6.21. The molecule has 0 saturated heterocycles. The second kappa shape index (κ2) is 7.88. The molecule has 0 saturated carbocycles. The Morgan fingerprint density at radius 1 is 1.47 bits per heavy atom. The van der Waals surface area contributed by atoms with Gasteiger partial charge in [0, 0.05) is 5.57 Å². The molecular weight excluding hydrogens is 268 g/mol. The highest BCUT2D eigenvalue weighted by Gasteiger charge is 2.34. The summed E-state index contributed by atoms with van der Waals surface area (Å²) in [6.45, 7) is 6.13.